The van der Waals surface area contributed by atoms with E-state index in [9.17, 15) is 13.2 Å². The topological polar surface area (TPSA) is 93.9 Å². The summed E-state index contributed by atoms with van der Waals surface area (Å²) in [6, 6.07) is 7.41. The molecule has 0 saturated carbocycles. The van der Waals surface area contributed by atoms with Crippen molar-refractivity contribution in [3.05, 3.63) is 24.3 Å². The normalized spacial score (nSPS) is 20.7. The molecule has 21 heavy (non-hydrogen) atoms. The molecule has 2 heterocycles. The standard InChI is InChI=1S/C13H16N4O3S/c18-13(14-7-10-5-6-21(19,20)9-10)8-17-12-4-2-1-3-11(12)15-16-17/h1-4,10H,5-9H2,(H,14,18)/t10-/m0/s1. The first kappa shape index (κ1) is 14.0. The third-order valence-corrected chi connectivity index (χ3v) is 5.47. The largest absolute Gasteiger partial charge is 0.354 e. The second-order valence-corrected chi connectivity index (χ2v) is 7.54. The first-order valence-electron chi connectivity index (χ1n) is 6.79. The Bertz CT molecular complexity index is 769. The summed E-state index contributed by atoms with van der Waals surface area (Å²) in [6.07, 6.45) is 0.620. The lowest BCUT2D eigenvalue weighted by molar-refractivity contribution is -0.121. The first-order valence-corrected chi connectivity index (χ1v) is 8.61. The average Bonchev–Trinajstić information content (AvgIpc) is 3.01. The molecule has 1 aromatic heterocycles. The highest BCUT2D eigenvalue weighted by molar-refractivity contribution is 7.91. The molecule has 0 unspecified atom stereocenters. The summed E-state index contributed by atoms with van der Waals surface area (Å²) in [6.45, 7) is 0.477. The summed E-state index contributed by atoms with van der Waals surface area (Å²) < 4.78 is 24.2. The van der Waals surface area contributed by atoms with Gasteiger partial charge < -0.3 is 5.32 Å². The number of carbonyl (C=O) groups is 1. The van der Waals surface area contributed by atoms with Crippen molar-refractivity contribution in [1.82, 2.24) is 20.3 Å². The monoisotopic (exact) mass is 308 g/mol. The molecule has 1 aliphatic rings. The number of sulfone groups is 1. The highest BCUT2D eigenvalue weighted by Gasteiger charge is 2.27. The van der Waals surface area contributed by atoms with Gasteiger partial charge in [0.05, 0.1) is 17.0 Å². The van der Waals surface area contributed by atoms with Crippen LogP contribution in [0.4, 0.5) is 0 Å². The molecule has 0 radical (unpaired) electrons. The summed E-state index contributed by atoms with van der Waals surface area (Å²) in [4.78, 5) is 11.9. The van der Waals surface area contributed by atoms with Crippen molar-refractivity contribution < 1.29 is 13.2 Å². The van der Waals surface area contributed by atoms with Crippen LogP contribution in [-0.2, 0) is 21.2 Å². The van der Waals surface area contributed by atoms with Crippen LogP contribution in [0, 0.1) is 5.92 Å². The third kappa shape index (κ3) is 3.21. The van der Waals surface area contributed by atoms with Gasteiger partial charge in [-0.3, -0.25) is 4.79 Å². The van der Waals surface area contributed by atoms with Crippen LogP contribution in [0.1, 0.15) is 6.42 Å². The molecule has 3 rings (SSSR count). The molecule has 1 fully saturated rings. The molecule has 7 nitrogen and oxygen atoms in total. The van der Waals surface area contributed by atoms with Gasteiger partial charge in [0.1, 0.15) is 12.1 Å². The van der Waals surface area contributed by atoms with Crippen molar-refractivity contribution in [3.63, 3.8) is 0 Å². The Morgan fingerprint density at radius 3 is 2.95 bits per heavy atom. The Balaban J connectivity index is 1.57. The van der Waals surface area contributed by atoms with E-state index in [1.165, 1.54) is 4.68 Å². The van der Waals surface area contributed by atoms with Crippen LogP contribution in [-0.4, -0.2) is 47.4 Å². The minimum Gasteiger partial charge on any atom is -0.354 e. The smallest absolute Gasteiger partial charge is 0.241 e. The van der Waals surface area contributed by atoms with E-state index < -0.39 is 9.84 Å². The fourth-order valence-electron chi connectivity index (χ4n) is 2.52. The molecule has 1 atom stereocenters. The Labute approximate surface area is 122 Å². The van der Waals surface area contributed by atoms with Gasteiger partial charge in [-0.2, -0.15) is 0 Å². The molecule has 112 valence electrons. The number of hydrogen-bond acceptors (Lipinski definition) is 5. The molecule has 1 aromatic carbocycles. The lowest BCUT2D eigenvalue weighted by Crippen LogP contribution is -2.32. The summed E-state index contributed by atoms with van der Waals surface area (Å²) in [5, 5.41) is 10.7. The Morgan fingerprint density at radius 2 is 2.19 bits per heavy atom. The van der Waals surface area contributed by atoms with Gasteiger partial charge in [0.2, 0.25) is 5.91 Å². The van der Waals surface area contributed by atoms with Gasteiger partial charge in [-0.25, -0.2) is 13.1 Å². The van der Waals surface area contributed by atoms with Crippen molar-refractivity contribution >= 4 is 26.8 Å². The quantitative estimate of drug-likeness (QED) is 0.857. The van der Waals surface area contributed by atoms with Crippen LogP contribution in [0.2, 0.25) is 0 Å². The van der Waals surface area contributed by atoms with Gasteiger partial charge in [0, 0.05) is 6.54 Å². The zero-order valence-electron chi connectivity index (χ0n) is 11.4. The number of rotatable bonds is 4. The molecule has 0 aliphatic carbocycles. The molecule has 1 amide bonds. The van der Waals surface area contributed by atoms with E-state index in [1.807, 2.05) is 24.3 Å². The van der Waals surface area contributed by atoms with Crippen molar-refractivity contribution in [2.24, 2.45) is 5.92 Å². The van der Waals surface area contributed by atoms with E-state index in [0.717, 1.165) is 11.0 Å². The highest BCUT2D eigenvalue weighted by Crippen LogP contribution is 2.17. The number of para-hydroxylation sites is 1. The molecule has 1 aliphatic heterocycles. The van der Waals surface area contributed by atoms with Gasteiger partial charge in [-0.15, -0.1) is 5.10 Å². The van der Waals surface area contributed by atoms with Crippen LogP contribution >= 0.6 is 0 Å². The number of amides is 1. The molecular formula is C13H16N4O3S. The average molecular weight is 308 g/mol. The fourth-order valence-corrected chi connectivity index (χ4v) is 4.38. The minimum absolute atomic E-state index is 0.0199. The van der Waals surface area contributed by atoms with Crippen molar-refractivity contribution in [2.75, 3.05) is 18.1 Å². The van der Waals surface area contributed by atoms with Crippen molar-refractivity contribution in [1.29, 1.82) is 0 Å². The number of benzene rings is 1. The minimum atomic E-state index is -2.90. The van der Waals surface area contributed by atoms with E-state index in [-0.39, 0.29) is 29.9 Å². The Kier molecular flexibility index (Phi) is 3.62. The van der Waals surface area contributed by atoms with Gasteiger partial charge in [-0.05, 0) is 24.5 Å². The highest BCUT2D eigenvalue weighted by atomic mass is 32.2. The molecule has 1 saturated heterocycles. The van der Waals surface area contributed by atoms with Gasteiger partial charge >= 0.3 is 0 Å². The van der Waals surface area contributed by atoms with Crippen LogP contribution < -0.4 is 5.32 Å². The zero-order valence-corrected chi connectivity index (χ0v) is 12.2. The summed E-state index contributed by atoms with van der Waals surface area (Å²) in [5.74, 6) is 0.224. The summed E-state index contributed by atoms with van der Waals surface area (Å²) in [5.41, 5.74) is 1.54. The molecular weight excluding hydrogens is 292 g/mol. The molecule has 1 N–H and O–H groups in total. The third-order valence-electron chi connectivity index (χ3n) is 3.63. The number of carbonyl (C=O) groups excluding carboxylic acids is 1. The number of aromatic nitrogens is 3. The van der Waals surface area contributed by atoms with E-state index >= 15 is 0 Å². The molecule has 0 bridgehead atoms. The number of nitrogens with one attached hydrogen (secondary N) is 1. The lowest BCUT2D eigenvalue weighted by atomic mass is 10.1. The molecule has 2 aromatic rings. The lowest BCUT2D eigenvalue weighted by Gasteiger charge is -2.09. The first-order chi connectivity index (χ1) is 10.0. The van der Waals surface area contributed by atoms with Gasteiger partial charge in [-0.1, -0.05) is 17.3 Å². The number of fused-ring (bicyclic) bond motifs is 1. The molecule has 8 heteroatoms. The number of nitrogens with zero attached hydrogens (tertiary/aromatic N) is 3. The Hall–Kier alpha value is -1.96. The van der Waals surface area contributed by atoms with Crippen molar-refractivity contribution in [2.45, 2.75) is 13.0 Å². The maximum Gasteiger partial charge on any atom is 0.241 e. The summed E-state index contributed by atoms with van der Waals surface area (Å²) in [7, 11) is -2.90. The van der Waals surface area contributed by atoms with Gasteiger partial charge in [0.15, 0.2) is 9.84 Å². The maximum atomic E-state index is 11.9. The van der Waals surface area contributed by atoms with Crippen LogP contribution in [0.5, 0.6) is 0 Å². The van der Waals surface area contributed by atoms with Crippen LogP contribution in [0.25, 0.3) is 11.0 Å². The van der Waals surface area contributed by atoms with E-state index in [4.69, 9.17) is 0 Å². The summed E-state index contributed by atoms with van der Waals surface area (Å²) >= 11 is 0. The maximum absolute atomic E-state index is 11.9. The van der Waals surface area contributed by atoms with E-state index in [2.05, 4.69) is 15.6 Å². The van der Waals surface area contributed by atoms with Crippen LogP contribution in [0.15, 0.2) is 24.3 Å². The SMILES string of the molecule is O=C(Cn1nnc2ccccc21)NC[C@@H]1CCS(=O)(=O)C1. The van der Waals surface area contributed by atoms with E-state index in [0.29, 0.717) is 13.0 Å². The van der Waals surface area contributed by atoms with E-state index in [1.54, 1.807) is 0 Å². The Morgan fingerprint density at radius 1 is 1.38 bits per heavy atom. The molecule has 0 spiro atoms. The number of hydrogen-bond donors (Lipinski definition) is 1. The predicted octanol–water partition coefficient (Wildman–Crippen LogP) is -0.0178. The zero-order chi connectivity index (χ0) is 14.9. The second-order valence-electron chi connectivity index (χ2n) is 5.31. The van der Waals surface area contributed by atoms with Crippen molar-refractivity contribution in [3.8, 4) is 0 Å². The second kappa shape index (κ2) is 5.44. The predicted molar refractivity (Wildman–Crippen MR) is 77.3 cm³/mol. The fraction of sp³-hybridized carbons (Fsp3) is 0.462. The van der Waals surface area contributed by atoms with Crippen LogP contribution in [0.3, 0.4) is 0 Å². The van der Waals surface area contributed by atoms with Gasteiger partial charge in [0.25, 0.3) is 0 Å².